The molecule has 1 aliphatic rings. The number of rotatable bonds is 6. The fourth-order valence-corrected chi connectivity index (χ4v) is 4.04. The molecule has 1 unspecified atom stereocenters. The van der Waals surface area contributed by atoms with E-state index in [4.69, 9.17) is 14.2 Å². The molecule has 2 heterocycles. The van der Waals surface area contributed by atoms with Crippen LogP contribution in [0.4, 0.5) is 5.69 Å². The molecule has 7 nitrogen and oxygen atoms in total. The minimum atomic E-state index is -0.509. The molecule has 3 aromatic rings. The second-order valence-corrected chi connectivity index (χ2v) is 7.96. The lowest BCUT2D eigenvalue weighted by Gasteiger charge is -2.21. The van der Waals surface area contributed by atoms with Gasteiger partial charge < -0.3 is 19.5 Å². The van der Waals surface area contributed by atoms with Gasteiger partial charge in [0.15, 0.2) is 23.4 Å². The molecule has 1 aliphatic heterocycles. The van der Waals surface area contributed by atoms with Gasteiger partial charge in [0, 0.05) is 16.8 Å². The predicted octanol–water partition coefficient (Wildman–Crippen LogP) is 5.32. The summed E-state index contributed by atoms with van der Waals surface area (Å²) in [5.74, 6) is 1.75. The van der Waals surface area contributed by atoms with Crippen LogP contribution in [0.25, 0.3) is 11.3 Å². The standard InChI is InChI=1S/C21H21BrN4O3S/c1-4-27-16-11-12(10-14(22)18(16)28-5-2)19-23-15-9-7-6-8-13(15)17-20(29-19)24-21(30-3)26-25-17/h6-11,19,23H,4-5H2,1-3H3. The van der Waals surface area contributed by atoms with E-state index in [0.717, 1.165) is 21.3 Å². The van der Waals surface area contributed by atoms with Crippen LogP contribution in [0.2, 0.25) is 0 Å². The number of fused-ring (bicyclic) bond motifs is 3. The molecule has 30 heavy (non-hydrogen) atoms. The second-order valence-electron chi connectivity index (χ2n) is 6.34. The van der Waals surface area contributed by atoms with Gasteiger partial charge in [0.1, 0.15) is 0 Å². The van der Waals surface area contributed by atoms with Crippen molar-refractivity contribution in [1.82, 2.24) is 15.2 Å². The Labute approximate surface area is 187 Å². The van der Waals surface area contributed by atoms with Gasteiger partial charge in [-0.2, -0.15) is 4.98 Å². The van der Waals surface area contributed by atoms with Gasteiger partial charge in [-0.1, -0.05) is 30.0 Å². The van der Waals surface area contributed by atoms with Crippen LogP contribution < -0.4 is 19.5 Å². The van der Waals surface area contributed by atoms with Crippen LogP contribution in [0.1, 0.15) is 25.6 Å². The molecule has 0 radical (unpaired) electrons. The van der Waals surface area contributed by atoms with Gasteiger partial charge >= 0.3 is 0 Å². The number of hydrogen-bond acceptors (Lipinski definition) is 8. The van der Waals surface area contributed by atoms with Crippen molar-refractivity contribution in [2.45, 2.75) is 25.2 Å². The third kappa shape index (κ3) is 4.04. The highest BCUT2D eigenvalue weighted by Crippen LogP contribution is 2.43. The van der Waals surface area contributed by atoms with Gasteiger partial charge in [0.2, 0.25) is 11.0 Å². The number of hydrogen-bond donors (Lipinski definition) is 1. The zero-order chi connectivity index (χ0) is 21.1. The van der Waals surface area contributed by atoms with Crippen molar-refractivity contribution in [2.24, 2.45) is 0 Å². The predicted molar refractivity (Wildman–Crippen MR) is 121 cm³/mol. The number of nitrogens with zero attached hydrogens (tertiary/aromatic N) is 3. The minimum absolute atomic E-state index is 0.430. The zero-order valence-corrected chi connectivity index (χ0v) is 19.2. The number of benzene rings is 2. The first-order chi connectivity index (χ1) is 14.6. The van der Waals surface area contributed by atoms with Gasteiger partial charge in [-0.3, -0.25) is 0 Å². The van der Waals surface area contributed by atoms with E-state index >= 15 is 0 Å². The molecule has 0 saturated heterocycles. The Kier molecular flexibility index (Phi) is 6.29. The molecule has 156 valence electrons. The fraction of sp³-hybridized carbons (Fsp3) is 0.286. The van der Waals surface area contributed by atoms with Crippen LogP contribution in [0.3, 0.4) is 0 Å². The molecule has 0 bridgehead atoms. The molecule has 0 spiro atoms. The molecule has 9 heteroatoms. The summed E-state index contributed by atoms with van der Waals surface area (Å²) < 4.78 is 18.7. The van der Waals surface area contributed by atoms with Crippen molar-refractivity contribution in [3.8, 4) is 28.6 Å². The maximum absolute atomic E-state index is 6.30. The van der Waals surface area contributed by atoms with Crippen LogP contribution in [0.15, 0.2) is 46.0 Å². The lowest BCUT2D eigenvalue weighted by molar-refractivity contribution is 0.223. The van der Waals surface area contributed by atoms with E-state index in [1.807, 2.05) is 56.5 Å². The number of anilines is 1. The molecule has 1 aromatic heterocycles. The van der Waals surface area contributed by atoms with Gasteiger partial charge in [-0.05, 0) is 54.2 Å². The summed E-state index contributed by atoms with van der Waals surface area (Å²) in [6.07, 6.45) is 1.40. The number of para-hydroxylation sites is 1. The average Bonchev–Trinajstić information content (AvgIpc) is 2.92. The number of aromatic nitrogens is 3. The van der Waals surface area contributed by atoms with Crippen LogP contribution in [0.5, 0.6) is 17.4 Å². The molecule has 1 atom stereocenters. The highest BCUT2D eigenvalue weighted by atomic mass is 79.9. The highest BCUT2D eigenvalue weighted by Gasteiger charge is 2.27. The lowest BCUT2D eigenvalue weighted by Crippen LogP contribution is -2.17. The van der Waals surface area contributed by atoms with Crippen molar-refractivity contribution >= 4 is 33.4 Å². The molecule has 1 N–H and O–H groups in total. The van der Waals surface area contributed by atoms with Crippen molar-refractivity contribution in [1.29, 1.82) is 0 Å². The number of thioether (sulfide) groups is 1. The molecule has 0 aliphatic carbocycles. The SMILES string of the molecule is CCOc1cc(C2Nc3ccccc3-c3nnc(SC)nc3O2)cc(Br)c1OCC. The largest absolute Gasteiger partial charge is 0.490 e. The van der Waals surface area contributed by atoms with E-state index in [1.54, 1.807) is 0 Å². The lowest BCUT2D eigenvalue weighted by atomic mass is 10.1. The summed E-state index contributed by atoms with van der Waals surface area (Å²) >= 11 is 5.03. The van der Waals surface area contributed by atoms with Crippen LogP contribution in [0, 0.1) is 0 Å². The van der Waals surface area contributed by atoms with Crippen LogP contribution in [-0.4, -0.2) is 34.7 Å². The molecular weight excluding hydrogens is 468 g/mol. The normalized spacial score (nSPS) is 14.6. The second kappa shape index (κ2) is 9.09. The maximum Gasteiger partial charge on any atom is 0.247 e. The summed E-state index contributed by atoms with van der Waals surface area (Å²) in [5.41, 5.74) is 3.24. The summed E-state index contributed by atoms with van der Waals surface area (Å²) in [7, 11) is 0. The molecule has 0 fully saturated rings. The molecule has 2 aromatic carbocycles. The van der Waals surface area contributed by atoms with Gasteiger partial charge in [-0.25, -0.2) is 0 Å². The first-order valence-electron chi connectivity index (χ1n) is 9.54. The van der Waals surface area contributed by atoms with E-state index < -0.39 is 6.23 Å². The molecule has 0 saturated carbocycles. The number of nitrogens with one attached hydrogen (secondary N) is 1. The van der Waals surface area contributed by atoms with E-state index in [0.29, 0.717) is 41.4 Å². The van der Waals surface area contributed by atoms with E-state index in [2.05, 4.69) is 36.4 Å². The Bertz CT molecular complexity index is 1070. The maximum atomic E-state index is 6.30. The van der Waals surface area contributed by atoms with Crippen molar-refractivity contribution in [3.05, 3.63) is 46.4 Å². The minimum Gasteiger partial charge on any atom is -0.490 e. The van der Waals surface area contributed by atoms with Gasteiger partial charge in [-0.15, -0.1) is 10.2 Å². The number of halogens is 1. The Morgan fingerprint density at radius 1 is 1.13 bits per heavy atom. The molecule has 0 amide bonds. The van der Waals surface area contributed by atoms with Gasteiger partial charge in [0.25, 0.3) is 0 Å². The highest BCUT2D eigenvalue weighted by molar-refractivity contribution is 9.10. The summed E-state index contributed by atoms with van der Waals surface area (Å²) in [6.45, 7) is 4.94. The first kappa shape index (κ1) is 20.7. The average molecular weight is 489 g/mol. The van der Waals surface area contributed by atoms with Crippen molar-refractivity contribution in [2.75, 3.05) is 24.8 Å². The Balaban J connectivity index is 1.82. The molecule has 4 rings (SSSR count). The Morgan fingerprint density at radius 2 is 1.93 bits per heavy atom. The zero-order valence-electron chi connectivity index (χ0n) is 16.8. The fourth-order valence-electron chi connectivity index (χ4n) is 3.17. The topological polar surface area (TPSA) is 78.4 Å². The smallest absolute Gasteiger partial charge is 0.247 e. The first-order valence-corrected chi connectivity index (χ1v) is 11.6. The van der Waals surface area contributed by atoms with Crippen molar-refractivity contribution in [3.63, 3.8) is 0 Å². The monoisotopic (exact) mass is 488 g/mol. The third-order valence-corrected chi connectivity index (χ3v) is 5.57. The van der Waals surface area contributed by atoms with Gasteiger partial charge in [0.05, 0.1) is 17.7 Å². The van der Waals surface area contributed by atoms with E-state index in [1.165, 1.54) is 11.8 Å². The summed E-state index contributed by atoms with van der Waals surface area (Å²) in [5, 5.41) is 12.6. The number of ether oxygens (including phenoxy) is 3. The Hall–Kier alpha value is -2.52. The molecular formula is C21H21BrN4O3S. The summed E-state index contributed by atoms with van der Waals surface area (Å²) in [6, 6.07) is 11.8. The van der Waals surface area contributed by atoms with Crippen LogP contribution in [-0.2, 0) is 0 Å². The van der Waals surface area contributed by atoms with Crippen molar-refractivity contribution < 1.29 is 14.2 Å². The quantitative estimate of drug-likeness (QED) is 0.466. The van der Waals surface area contributed by atoms with Crippen LogP contribution >= 0.6 is 27.7 Å². The van der Waals surface area contributed by atoms with E-state index in [-0.39, 0.29) is 0 Å². The Morgan fingerprint density at radius 3 is 2.70 bits per heavy atom. The summed E-state index contributed by atoms with van der Waals surface area (Å²) in [4.78, 5) is 4.55. The van der Waals surface area contributed by atoms with E-state index in [9.17, 15) is 0 Å². The third-order valence-electron chi connectivity index (χ3n) is 4.44.